The van der Waals surface area contributed by atoms with E-state index in [0.717, 1.165) is 11.6 Å². The van der Waals surface area contributed by atoms with Gasteiger partial charge in [-0.05, 0) is 48.5 Å². The maximum atomic E-state index is 13.8. The van der Waals surface area contributed by atoms with Crippen LogP contribution in [0.3, 0.4) is 0 Å². The van der Waals surface area contributed by atoms with Crippen LogP contribution in [0.1, 0.15) is 11.1 Å². The fourth-order valence-corrected chi connectivity index (χ4v) is 3.37. The van der Waals surface area contributed by atoms with Gasteiger partial charge in [0.2, 0.25) is 0 Å². The first-order chi connectivity index (χ1) is 15.2. The van der Waals surface area contributed by atoms with Crippen LogP contribution in [0, 0.1) is 5.82 Å². The molecule has 32 heavy (non-hydrogen) atoms. The van der Waals surface area contributed by atoms with Crippen LogP contribution >= 0.6 is 23.2 Å². The van der Waals surface area contributed by atoms with Crippen LogP contribution in [-0.2, 0) is 12.8 Å². The van der Waals surface area contributed by atoms with Crippen molar-refractivity contribution in [2.45, 2.75) is 12.8 Å². The molecule has 10 heteroatoms. The fourth-order valence-electron chi connectivity index (χ4n) is 2.90. The van der Waals surface area contributed by atoms with Crippen molar-refractivity contribution in [3.63, 3.8) is 0 Å². The first-order valence-corrected chi connectivity index (χ1v) is 9.93. The number of halogens is 6. The highest BCUT2D eigenvalue weighted by atomic mass is 35.5. The molecule has 0 spiro atoms. The van der Waals surface area contributed by atoms with Crippen molar-refractivity contribution in [2.75, 3.05) is 0 Å². The minimum Gasteiger partial charge on any atom is -0.489 e. The average molecular weight is 482 g/mol. The summed E-state index contributed by atoms with van der Waals surface area (Å²) in [5, 5.41) is 4.43. The molecule has 0 atom stereocenters. The number of nitrogens with zero attached hydrogens (tertiary/aromatic N) is 3. The molecule has 0 unspecified atom stereocenters. The molecule has 4 nitrogen and oxygen atoms in total. The van der Waals surface area contributed by atoms with Crippen LogP contribution in [0.25, 0.3) is 17.1 Å². The van der Waals surface area contributed by atoms with E-state index in [1.807, 2.05) is 0 Å². The topological polar surface area (TPSA) is 39.9 Å². The van der Waals surface area contributed by atoms with E-state index in [2.05, 4.69) is 10.1 Å². The number of ether oxygens (including phenoxy) is 1. The average Bonchev–Trinajstić information content (AvgIpc) is 3.23. The smallest absolute Gasteiger partial charge is 0.417 e. The lowest BCUT2D eigenvalue weighted by atomic mass is 10.1. The molecule has 2 aromatic carbocycles. The van der Waals surface area contributed by atoms with Gasteiger partial charge >= 0.3 is 6.18 Å². The van der Waals surface area contributed by atoms with E-state index in [1.54, 1.807) is 42.6 Å². The van der Waals surface area contributed by atoms with Crippen molar-refractivity contribution in [3.05, 3.63) is 94.0 Å². The van der Waals surface area contributed by atoms with Gasteiger partial charge in [0, 0.05) is 23.5 Å². The molecule has 0 amide bonds. The molecule has 0 bridgehead atoms. The van der Waals surface area contributed by atoms with Gasteiger partial charge in [0.25, 0.3) is 0 Å². The minimum absolute atomic E-state index is 0.0302. The molecule has 0 saturated heterocycles. The van der Waals surface area contributed by atoms with Gasteiger partial charge < -0.3 is 4.74 Å². The highest BCUT2D eigenvalue weighted by Gasteiger charge is 2.31. The molecule has 4 rings (SSSR count). The van der Waals surface area contributed by atoms with Crippen molar-refractivity contribution < 1.29 is 22.3 Å². The Kier molecular flexibility index (Phi) is 6.08. The number of hydrogen-bond acceptors (Lipinski definition) is 3. The van der Waals surface area contributed by atoms with Crippen LogP contribution in [0.15, 0.2) is 67.0 Å². The molecule has 0 aliphatic rings. The van der Waals surface area contributed by atoms with Gasteiger partial charge in [0.1, 0.15) is 18.2 Å². The largest absolute Gasteiger partial charge is 0.489 e. The van der Waals surface area contributed by atoms with Crippen molar-refractivity contribution in [1.82, 2.24) is 14.8 Å². The third-order valence-corrected chi connectivity index (χ3v) is 5.18. The van der Waals surface area contributed by atoms with Gasteiger partial charge in [-0.3, -0.25) is 0 Å². The zero-order valence-electron chi connectivity index (χ0n) is 16.1. The Morgan fingerprint density at radius 1 is 0.969 bits per heavy atom. The van der Waals surface area contributed by atoms with Gasteiger partial charge in [0.15, 0.2) is 5.82 Å². The van der Waals surface area contributed by atoms with Gasteiger partial charge in [-0.25, -0.2) is 14.1 Å². The molecule has 0 N–H and O–H groups in total. The summed E-state index contributed by atoms with van der Waals surface area (Å²) in [5.74, 6) is 0.128. The minimum atomic E-state index is -4.54. The van der Waals surface area contributed by atoms with E-state index in [-0.39, 0.29) is 28.0 Å². The SMILES string of the molecule is Fc1cccc(Cl)c1COc1ccc(-c2ccn(-c3ncc(C(F)(F)F)cc3Cl)n2)cc1. The van der Waals surface area contributed by atoms with E-state index >= 15 is 0 Å². The third-order valence-electron chi connectivity index (χ3n) is 4.55. The molecule has 4 aromatic rings. The Balaban J connectivity index is 1.49. The van der Waals surface area contributed by atoms with Crippen molar-refractivity contribution in [2.24, 2.45) is 0 Å². The van der Waals surface area contributed by atoms with Crippen LogP contribution in [0.5, 0.6) is 5.75 Å². The zero-order chi connectivity index (χ0) is 22.9. The van der Waals surface area contributed by atoms with Gasteiger partial charge in [-0.15, -0.1) is 0 Å². The maximum Gasteiger partial charge on any atom is 0.417 e. The second-order valence-corrected chi connectivity index (χ2v) is 7.50. The van der Waals surface area contributed by atoms with Crippen LogP contribution in [0.2, 0.25) is 10.0 Å². The first-order valence-electron chi connectivity index (χ1n) is 9.17. The number of alkyl halides is 3. The Bertz CT molecular complexity index is 1240. The summed E-state index contributed by atoms with van der Waals surface area (Å²) < 4.78 is 59.1. The molecule has 0 saturated carbocycles. The molecule has 2 heterocycles. The molecular weight excluding hydrogens is 469 g/mol. The van der Waals surface area contributed by atoms with Crippen molar-refractivity contribution in [3.8, 4) is 22.8 Å². The lowest BCUT2D eigenvalue weighted by molar-refractivity contribution is -0.137. The van der Waals surface area contributed by atoms with Gasteiger partial charge in [-0.1, -0.05) is 29.3 Å². The summed E-state index contributed by atoms with van der Waals surface area (Å²) in [6.45, 7) is -0.0302. The lowest BCUT2D eigenvalue weighted by Gasteiger charge is -2.09. The number of rotatable bonds is 5. The van der Waals surface area contributed by atoms with Gasteiger partial charge in [-0.2, -0.15) is 18.3 Å². The maximum absolute atomic E-state index is 13.8. The standard InChI is InChI=1S/C22H13Cl2F4N3O/c23-17-2-1-3-19(25)16(17)12-32-15-6-4-13(5-7-15)20-8-9-31(30-20)21-18(24)10-14(11-29-21)22(26,27)28/h1-11H,12H2. The Hall–Kier alpha value is -3.10. The Morgan fingerprint density at radius 3 is 2.38 bits per heavy atom. The molecule has 0 aliphatic carbocycles. The van der Waals surface area contributed by atoms with Crippen LogP contribution in [0.4, 0.5) is 17.6 Å². The van der Waals surface area contributed by atoms with E-state index in [9.17, 15) is 17.6 Å². The summed E-state index contributed by atoms with van der Waals surface area (Å²) in [7, 11) is 0. The molecule has 0 aliphatic heterocycles. The molecule has 164 valence electrons. The normalized spacial score (nSPS) is 11.6. The Labute approximate surface area is 190 Å². The quantitative estimate of drug-likeness (QED) is 0.288. The molecule has 2 aromatic heterocycles. The summed E-state index contributed by atoms with van der Waals surface area (Å²) in [5.41, 5.74) is 0.596. The van der Waals surface area contributed by atoms with E-state index < -0.39 is 17.6 Å². The molecule has 0 fully saturated rings. The van der Waals surface area contributed by atoms with Gasteiger partial charge in [0.05, 0.1) is 21.3 Å². The zero-order valence-corrected chi connectivity index (χ0v) is 17.6. The predicted molar refractivity (Wildman–Crippen MR) is 113 cm³/mol. The number of pyridine rings is 1. The van der Waals surface area contributed by atoms with Crippen LogP contribution < -0.4 is 4.74 Å². The monoisotopic (exact) mass is 481 g/mol. The second kappa shape index (κ2) is 8.80. The second-order valence-electron chi connectivity index (χ2n) is 6.69. The fraction of sp³-hybridized carbons (Fsp3) is 0.0909. The predicted octanol–water partition coefficient (Wildman–Crippen LogP) is 6.98. The number of benzene rings is 2. The lowest BCUT2D eigenvalue weighted by Crippen LogP contribution is -2.08. The van der Waals surface area contributed by atoms with Crippen molar-refractivity contribution in [1.29, 1.82) is 0 Å². The summed E-state index contributed by atoms with van der Waals surface area (Å²) in [6.07, 6.45) is -2.29. The van der Waals surface area contributed by atoms with E-state index in [1.165, 1.54) is 16.8 Å². The van der Waals surface area contributed by atoms with Crippen molar-refractivity contribution >= 4 is 23.2 Å². The Morgan fingerprint density at radius 2 is 1.72 bits per heavy atom. The highest BCUT2D eigenvalue weighted by molar-refractivity contribution is 6.32. The first kappa shape index (κ1) is 22.1. The number of hydrogen-bond donors (Lipinski definition) is 0. The summed E-state index contributed by atoms with van der Waals surface area (Å²) >= 11 is 12.0. The summed E-state index contributed by atoms with van der Waals surface area (Å²) in [4.78, 5) is 3.79. The third kappa shape index (κ3) is 4.71. The molecule has 0 radical (unpaired) electrons. The highest BCUT2D eigenvalue weighted by Crippen LogP contribution is 2.32. The number of aromatic nitrogens is 3. The van der Waals surface area contributed by atoms with E-state index in [4.69, 9.17) is 27.9 Å². The molecular formula is C22H13Cl2F4N3O. The summed E-state index contributed by atoms with van der Waals surface area (Å²) in [6, 6.07) is 13.7. The van der Waals surface area contributed by atoms with E-state index in [0.29, 0.717) is 17.6 Å². The van der Waals surface area contributed by atoms with Crippen LogP contribution in [-0.4, -0.2) is 14.8 Å².